The van der Waals surface area contributed by atoms with Crippen LogP contribution in [0.3, 0.4) is 0 Å². The molecule has 2 aliphatic rings. The molecule has 0 aliphatic heterocycles. The Morgan fingerprint density at radius 1 is 0.829 bits per heavy atom. The van der Waals surface area contributed by atoms with Crippen LogP contribution in [0.25, 0.3) is 0 Å². The zero-order valence-corrected chi connectivity index (χ0v) is 28.7. The van der Waals surface area contributed by atoms with Gasteiger partial charge in [0, 0.05) is 0 Å². The van der Waals surface area contributed by atoms with Crippen molar-refractivity contribution in [3.8, 4) is 0 Å². The van der Waals surface area contributed by atoms with E-state index in [2.05, 4.69) is 70.9 Å². The molecule has 0 spiro atoms. The van der Waals surface area contributed by atoms with E-state index in [1.54, 1.807) is 0 Å². The predicted molar refractivity (Wildman–Crippen MR) is 184 cm³/mol. The second-order valence-electron chi connectivity index (χ2n) is 14.7. The van der Waals surface area contributed by atoms with Gasteiger partial charge in [-0.15, -0.1) is 0 Å². The fourth-order valence-electron chi connectivity index (χ4n) is 8.43. The van der Waals surface area contributed by atoms with E-state index in [0.717, 1.165) is 41.9 Å². The summed E-state index contributed by atoms with van der Waals surface area (Å²) in [6.45, 7) is 16.0. The van der Waals surface area contributed by atoms with Crippen LogP contribution in [-0.2, 0) is 0 Å². The molecule has 2 fully saturated rings. The van der Waals surface area contributed by atoms with Crippen molar-refractivity contribution in [3.05, 3.63) is 36.3 Å². The van der Waals surface area contributed by atoms with E-state index in [1.165, 1.54) is 141 Å². The molecule has 2 saturated carbocycles. The minimum absolute atomic E-state index is 0.642. The van der Waals surface area contributed by atoms with Crippen LogP contribution in [0.1, 0.15) is 182 Å². The normalized spacial score (nSPS) is 26.5. The third kappa shape index (κ3) is 14.4. The largest absolute Gasteiger partial charge is 0.0914 e. The van der Waals surface area contributed by atoms with Gasteiger partial charge in [-0.05, 0) is 92.6 Å². The molecule has 0 nitrogen and oxygen atoms in total. The van der Waals surface area contributed by atoms with Crippen molar-refractivity contribution in [1.82, 2.24) is 0 Å². The Morgan fingerprint density at radius 2 is 1.34 bits per heavy atom. The van der Waals surface area contributed by atoms with E-state index in [9.17, 15) is 0 Å². The van der Waals surface area contributed by atoms with Gasteiger partial charge in [-0.2, -0.15) is 0 Å². The van der Waals surface area contributed by atoms with Crippen molar-refractivity contribution in [1.29, 1.82) is 0 Å². The Hall–Kier alpha value is -0.960. The summed E-state index contributed by atoms with van der Waals surface area (Å²) in [6.07, 6.45) is 39.7. The molecule has 7 unspecified atom stereocenters. The monoisotopic (exact) mass is 565 g/mol. The Kier molecular flexibility index (Phi) is 19.2. The van der Waals surface area contributed by atoms with Gasteiger partial charge in [-0.3, -0.25) is 0 Å². The molecule has 236 valence electrons. The summed E-state index contributed by atoms with van der Waals surface area (Å²) in [7, 11) is 0. The first-order chi connectivity index (χ1) is 20.0. The van der Waals surface area contributed by atoms with Gasteiger partial charge in [0.1, 0.15) is 0 Å². The van der Waals surface area contributed by atoms with E-state index in [4.69, 9.17) is 0 Å². The molecular formula is C41H72. The van der Waals surface area contributed by atoms with Gasteiger partial charge in [-0.1, -0.05) is 167 Å². The summed E-state index contributed by atoms with van der Waals surface area (Å²) in [5.74, 6) is 5.73. The number of rotatable bonds is 27. The maximum Gasteiger partial charge on any atom is -0.0202 e. The van der Waals surface area contributed by atoms with E-state index in [-0.39, 0.29) is 0 Å². The highest BCUT2D eigenvalue weighted by atomic mass is 14.6. The average Bonchev–Trinajstić information content (AvgIpc) is 3.84. The second kappa shape index (κ2) is 21.7. The lowest BCUT2D eigenvalue weighted by Crippen LogP contribution is -2.17. The smallest absolute Gasteiger partial charge is 0.0202 e. The van der Waals surface area contributed by atoms with Crippen molar-refractivity contribution in [2.45, 2.75) is 182 Å². The molecule has 0 N–H and O–H groups in total. The van der Waals surface area contributed by atoms with Crippen LogP contribution < -0.4 is 0 Å². The first kappa shape index (κ1) is 36.2. The van der Waals surface area contributed by atoms with Gasteiger partial charge in [0.25, 0.3) is 0 Å². The number of allylic oxidation sites excluding steroid dienone is 3. The van der Waals surface area contributed by atoms with Gasteiger partial charge in [0.2, 0.25) is 0 Å². The summed E-state index contributed by atoms with van der Waals surface area (Å²) < 4.78 is 0. The zero-order valence-electron chi connectivity index (χ0n) is 28.7. The molecule has 0 heterocycles. The third-order valence-corrected chi connectivity index (χ3v) is 11.6. The van der Waals surface area contributed by atoms with Crippen molar-refractivity contribution < 1.29 is 0 Å². The Bertz CT molecular complexity index is 761. The fourth-order valence-corrected chi connectivity index (χ4v) is 8.43. The minimum Gasteiger partial charge on any atom is -0.0914 e. The van der Waals surface area contributed by atoms with Crippen molar-refractivity contribution in [2.24, 2.45) is 40.9 Å². The highest BCUT2D eigenvalue weighted by Crippen LogP contribution is 2.66. The van der Waals surface area contributed by atoms with Crippen molar-refractivity contribution in [3.63, 3.8) is 0 Å². The molecule has 7 atom stereocenters. The van der Waals surface area contributed by atoms with Gasteiger partial charge < -0.3 is 0 Å². The van der Waals surface area contributed by atoms with Crippen LogP contribution in [0.15, 0.2) is 36.3 Å². The lowest BCUT2D eigenvalue weighted by atomic mass is 9.80. The summed E-state index contributed by atoms with van der Waals surface area (Å²) >= 11 is 0. The van der Waals surface area contributed by atoms with E-state index < -0.39 is 0 Å². The second-order valence-corrected chi connectivity index (χ2v) is 14.7. The van der Waals surface area contributed by atoms with Crippen LogP contribution in [0.5, 0.6) is 0 Å². The maximum absolute atomic E-state index is 3.54. The van der Waals surface area contributed by atoms with E-state index in [1.807, 2.05) is 0 Å². The highest BCUT2D eigenvalue weighted by molar-refractivity contribution is 5.08. The van der Waals surface area contributed by atoms with E-state index in [0.29, 0.717) is 5.41 Å². The predicted octanol–water partition coefficient (Wildman–Crippen LogP) is 13.8. The SMILES string of the molecule is C=C=C=CCCCCCCCCCCCCCCCCCCCC1(C)C(C)C1C(CC)C(C)CCC1CC1C=CC. The van der Waals surface area contributed by atoms with Crippen LogP contribution in [0, 0.1) is 40.9 Å². The van der Waals surface area contributed by atoms with Crippen molar-refractivity contribution >= 4 is 0 Å². The van der Waals surface area contributed by atoms with Crippen molar-refractivity contribution in [2.75, 3.05) is 0 Å². The number of hydrogen-bond donors (Lipinski definition) is 0. The molecular weight excluding hydrogens is 492 g/mol. The Morgan fingerprint density at radius 3 is 1.83 bits per heavy atom. The molecule has 0 heteroatoms. The number of unbranched alkanes of at least 4 members (excludes halogenated alkanes) is 17. The fraction of sp³-hybridized carbons (Fsp3) is 0.854. The molecule has 0 bridgehead atoms. The number of hydrogen-bond acceptors (Lipinski definition) is 0. The van der Waals surface area contributed by atoms with Gasteiger partial charge in [0.05, 0.1) is 0 Å². The van der Waals surface area contributed by atoms with Crippen LogP contribution in [-0.4, -0.2) is 0 Å². The molecule has 2 aliphatic carbocycles. The third-order valence-electron chi connectivity index (χ3n) is 11.6. The Balaban J connectivity index is 1.38. The van der Waals surface area contributed by atoms with Crippen LogP contribution in [0.4, 0.5) is 0 Å². The standard InChI is InChI=1S/C41H72/c1-7-10-11-12-13-14-15-16-17-18-19-20-21-22-23-24-25-26-27-28-29-33-41(6)36(5)40(41)39(9-3)35(4)31-32-38-34-37(38)30-8-2/h8,11,30,35-40H,1,9,12-29,31-34H2,2-6H3. The summed E-state index contributed by atoms with van der Waals surface area (Å²) in [4.78, 5) is 0. The summed E-state index contributed by atoms with van der Waals surface area (Å²) in [5.41, 5.74) is 6.28. The topological polar surface area (TPSA) is 0 Å². The molecule has 0 aromatic heterocycles. The first-order valence-corrected chi connectivity index (χ1v) is 18.7. The minimum atomic E-state index is 0.642. The van der Waals surface area contributed by atoms with Crippen LogP contribution in [0.2, 0.25) is 0 Å². The van der Waals surface area contributed by atoms with Gasteiger partial charge in [-0.25, -0.2) is 0 Å². The molecule has 0 amide bonds. The molecule has 0 saturated heterocycles. The van der Waals surface area contributed by atoms with Gasteiger partial charge >= 0.3 is 0 Å². The molecule has 0 aromatic rings. The lowest BCUT2D eigenvalue weighted by molar-refractivity contribution is 0.242. The highest BCUT2D eigenvalue weighted by Gasteiger charge is 2.60. The molecule has 41 heavy (non-hydrogen) atoms. The van der Waals surface area contributed by atoms with Gasteiger partial charge in [0.15, 0.2) is 0 Å². The zero-order chi connectivity index (χ0) is 29.8. The Labute approximate surface area is 259 Å². The summed E-state index contributed by atoms with van der Waals surface area (Å²) in [5, 5.41) is 0. The maximum atomic E-state index is 3.54. The van der Waals surface area contributed by atoms with E-state index >= 15 is 0 Å². The molecule has 2 rings (SSSR count). The summed E-state index contributed by atoms with van der Waals surface area (Å²) in [6, 6.07) is 0. The van der Waals surface area contributed by atoms with Crippen LogP contribution >= 0.6 is 0 Å². The molecule has 0 radical (unpaired) electrons. The molecule has 0 aromatic carbocycles. The lowest BCUT2D eigenvalue weighted by Gasteiger charge is -2.25. The average molecular weight is 565 g/mol. The first-order valence-electron chi connectivity index (χ1n) is 18.7. The quantitative estimate of drug-likeness (QED) is 0.0528.